The maximum absolute atomic E-state index is 11.5. The topological polar surface area (TPSA) is 63.3 Å². The third-order valence-corrected chi connectivity index (χ3v) is 2.80. The molecule has 0 bridgehead atoms. The molecule has 0 unspecified atom stereocenters. The molecule has 4 heteroatoms. The van der Waals surface area contributed by atoms with Gasteiger partial charge in [-0.25, -0.2) is 4.79 Å². The van der Waals surface area contributed by atoms with E-state index in [1.54, 1.807) is 48.5 Å². The first kappa shape index (κ1) is 14.9. The van der Waals surface area contributed by atoms with Crippen LogP contribution in [0, 0.1) is 0 Å². The van der Waals surface area contributed by atoms with Gasteiger partial charge in [0.1, 0.15) is 0 Å². The molecular formula is C14H14NNaO2. The van der Waals surface area contributed by atoms with Crippen molar-refractivity contribution in [2.75, 3.05) is 0 Å². The Bertz CT molecular complexity index is 474. The van der Waals surface area contributed by atoms with Crippen molar-refractivity contribution in [3.63, 3.8) is 0 Å². The van der Waals surface area contributed by atoms with Crippen molar-refractivity contribution in [2.45, 2.75) is 5.54 Å². The maximum atomic E-state index is 11.5. The van der Waals surface area contributed by atoms with E-state index < -0.39 is 11.5 Å². The Labute approximate surface area is 128 Å². The number of hydrogen-bond donors (Lipinski definition) is 2. The Hall–Kier alpha value is -1.13. The molecule has 88 valence electrons. The fraction of sp³-hybridized carbons (Fsp3) is 0.0714. The number of rotatable bonds is 3. The number of carboxylic acids is 1. The van der Waals surface area contributed by atoms with E-state index in [-0.39, 0.29) is 29.6 Å². The third-order valence-electron chi connectivity index (χ3n) is 2.80. The van der Waals surface area contributed by atoms with Crippen LogP contribution in [0.3, 0.4) is 0 Å². The van der Waals surface area contributed by atoms with Crippen molar-refractivity contribution < 1.29 is 9.90 Å². The molecule has 0 aliphatic heterocycles. The molecule has 0 aliphatic carbocycles. The molecule has 0 amide bonds. The number of benzene rings is 2. The van der Waals surface area contributed by atoms with Crippen LogP contribution in [0.25, 0.3) is 0 Å². The van der Waals surface area contributed by atoms with Crippen LogP contribution in [-0.4, -0.2) is 40.6 Å². The number of carboxylic acid groups (broad SMARTS) is 1. The first-order valence-corrected chi connectivity index (χ1v) is 5.29. The van der Waals surface area contributed by atoms with Crippen molar-refractivity contribution in [1.29, 1.82) is 0 Å². The van der Waals surface area contributed by atoms with E-state index >= 15 is 0 Å². The zero-order valence-electron chi connectivity index (χ0n) is 9.21. The van der Waals surface area contributed by atoms with E-state index in [9.17, 15) is 9.90 Å². The van der Waals surface area contributed by atoms with Crippen molar-refractivity contribution in [2.24, 2.45) is 5.73 Å². The van der Waals surface area contributed by atoms with Crippen LogP contribution in [0.4, 0.5) is 0 Å². The predicted molar refractivity (Wildman–Crippen MR) is 72.6 cm³/mol. The van der Waals surface area contributed by atoms with Gasteiger partial charge in [-0.05, 0) is 11.1 Å². The van der Waals surface area contributed by atoms with Crippen LogP contribution in [0.1, 0.15) is 11.1 Å². The summed E-state index contributed by atoms with van der Waals surface area (Å²) < 4.78 is 0. The number of carbonyl (C=O) groups is 1. The van der Waals surface area contributed by atoms with E-state index in [1.165, 1.54) is 0 Å². The van der Waals surface area contributed by atoms with Gasteiger partial charge >= 0.3 is 35.5 Å². The van der Waals surface area contributed by atoms with Crippen LogP contribution in [0.2, 0.25) is 0 Å². The Morgan fingerprint density at radius 2 is 1.22 bits per heavy atom. The number of nitrogens with two attached hydrogens (primary N) is 1. The standard InChI is InChI=1S/C14H13NO2.Na.H/c15-14(13(16)17,11-7-3-1-4-8-11)12-9-5-2-6-10-12;;/h1-10H,15H2,(H,16,17);;. The first-order valence-electron chi connectivity index (χ1n) is 5.29. The third kappa shape index (κ3) is 2.65. The minimum atomic E-state index is -1.50. The average molecular weight is 251 g/mol. The molecule has 0 aromatic heterocycles. The Balaban J connectivity index is 0.00000162. The second kappa shape index (κ2) is 6.16. The molecule has 0 spiro atoms. The molecule has 0 aliphatic rings. The zero-order valence-corrected chi connectivity index (χ0v) is 9.21. The van der Waals surface area contributed by atoms with Crippen molar-refractivity contribution in [3.05, 3.63) is 71.8 Å². The Kier molecular flexibility index (Phi) is 5.11. The second-order valence-corrected chi connectivity index (χ2v) is 3.85. The minimum absolute atomic E-state index is 0. The summed E-state index contributed by atoms with van der Waals surface area (Å²) in [6.07, 6.45) is 0. The van der Waals surface area contributed by atoms with Gasteiger partial charge in [0.05, 0.1) is 0 Å². The molecule has 0 radical (unpaired) electrons. The van der Waals surface area contributed by atoms with Crippen molar-refractivity contribution in [3.8, 4) is 0 Å². The zero-order chi connectivity index (χ0) is 12.3. The van der Waals surface area contributed by atoms with Gasteiger partial charge in [-0.2, -0.15) is 0 Å². The second-order valence-electron chi connectivity index (χ2n) is 3.85. The summed E-state index contributed by atoms with van der Waals surface area (Å²) in [4.78, 5) is 11.5. The molecule has 2 aromatic carbocycles. The number of aliphatic carboxylic acids is 1. The van der Waals surface area contributed by atoms with Crippen LogP contribution >= 0.6 is 0 Å². The van der Waals surface area contributed by atoms with Gasteiger partial charge < -0.3 is 10.8 Å². The van der Waals surface area contributed by atoms with Crippen LogP contribution < -0.4 is 5.73 Å². The fourth-order valence-corrected chi connectivity index (χ4v) is 1.82. The quantitative estimate of drug-likeness (QED) is 0.809. The van der Waals surface area contributed by atoms with E-state index in [4.69, 9.17) is 5.73 Å². The van der Waals surface area contributed by atoms with Gasteiger partial charge in [0, 0.05) is 0 Å². The van der Waals surface area contributed by atoms with Crippen LogP contribution in [0.15, 0.2) is 60.7 Å². The predicted octanol–water partition coefficient (Wildman–Crippen LogP) is 1.32. The van der Waals surface area contributed by atoms with E-state index in [0.717, 1.165) is 0 Å². The molecule has 3 N–H and O–H groups in total. The van der Waals surface area contributed by atoms with Crippen LogP contribution in [0.5, 0.6) is 0 Å². The van der Waals surface area contributed by atoms with Gasteiger partial charge in [-0.15, -0.1) is 0 Å². The van der Waals surface area contributed by atoms with Gasteiger partial charge in [0.2, 0.25) is 0 Å². The van der Waals surface area contributed by atoms with Gasteiger partial charge in [-0.3, -0.25) is 0 Å². The summed E-state index contributed by atoms with van der Waals surface area (Å²) >= 11 is 0. The van der Waals surface area contributed by atoms with Gasteiger partial charge in [0.25, 0.3) is 0 Å². The molecule has 3 nitrogen and oxygen atoms in total. The molecule has 2 rings (SSSR count). The summed E-state index contributed by atoms with van der Waals surface area (Å²) in [6.45, 7) is 0. The summed E-state index contributed by atoms with van der Waals surface area (Å²) in [5.41, 5.74) is 5.72. The van der Waals surface area contributed by atoms with E-state index in [2.05, 4.69) is 0 Å². The molecule has 0 saturated heterocycles. The fourth-order valence-electron chi connectivity index (χ4n) is 1.82. The molecule has 0 atom stereocenters. The average Bonchev–Trinajstić information content (AvgIpc) is 2.39. The van der Waals surface area contributed by atoms with E-state index in [0.29, 0.717) is 11.1 Å². The van der Waals surface area contributed by atoms with Crippen molar-refractivity contribution in [1.82, 2.24) is 0 Å². The summed E-state index contributed by atoms with van der Waals surface area (Å²) in [5.74, 6) is -1.06. The SMILES string of the molecule is NC(C(=O)O)(c1ccccc1)c1ccccc1.[NaH]. The summed E-state index contributed by atoms with van der Waals surface area (Å²) in [6, 6.07) is 17.7. The van der Waals surface area contributed by atoms with Crippen LogP contribution in [-0.2, 0) is 10.3 Å². The first-order chi connectivity index (χ1) is 8.15. The van der Waals surface area contributed by atoms with Gasteiger partial charge in [-0.1, -0.05) is 60.7 Å². The summed E-state index contributed by atoms with van der Waals surface area (Å²) in [5, 5.41) is 9.41. The molecule has 18 heavy (non-hydrogen) atoms. The normalized spacial score (nSPS) is 10.5. The van der Waals surface area contributed by atoms with Crippen molar-refractivity contribution >= 4 is 35.5 Å². The van der Waals surface area contributed by atoms with E-state index in [1.807, 2.05) is 12.1 Å². The Morgan fingerprint density at radius 3 is 1.50 bits per heavy atom. The monoisotopic (exact) mass is 251 g/mol. The molecule has 0 saturated carbocycles. The van der Waals surface area contributed by atoms with Gasteiger partial charge in [0.15, 0.2) is 5.54 Å². The number of hydrogen-bond acceptors (Lipinski definition) is 2. The Morgan fingerprint density at radius 1 is 0.889 bits per heavy atom. The molecular weight excluding hydrogens is 237 g/mol. The molecule has 0 heterocycles. The summed E-state index contributed by atoms with van der Waals surface area (Å²) in [7, 11) is 0. The molecule has 2 aromatic rings. The molecule has 0 fully saturated rings.